The molecule has 1 aliphatic rings. The zero-order valence-electron chi connectivity index (χ0n) is 14.0. The molecule has 0 radical (unpaired) electrons. The second-order valence-electron chi connectivity index (χ2n) is 5.53. The lowest BCUT2D eigenvalue weighted by atomic mass is 10.1. The molecule has 1 atom stereocenters. The number of nitrogens with one attached hydrogen (secondary N) is 3. The van der Waals surface area contributed by atoms with Crippen LogP contribution in [0.15, 0.2) is 54.3 Å². The maximum Gasteiger partial charge on any atom is 0.431 e. The second-order valence-corrected chi connectivity index (χ2v) is 5.53. The van der Waals surface area contributed by atoms with E-state index in [4.69, 9.17) is 4.74 Å². The van der Waals surface area contributed by atoms with Crippen molar-refractivity contribution in [3.8, 4) is 0 Å². The SMILES string of the molecule is CC(=O)N[C@@H](Cc1ccccc1)C(=O)NNC(=O)OC1=CCCC=C1. The molecule has 3 N–H and O–H groups in total. The Morgan fingerprint density at radius 3 is 2.52 bits per heavy atom. The number of carbonyl (C=O) groups is 3. The van der Waals surface area contributed by atoms with Crippen LogP contribution in [0, 0.1) is 0 Å². The predicted octanol–water partition coefficient (Wildman–Crippen LogP) is 1.73. The van der Waals surface area contributed by atoms with E-state index in [-0.39, 0.29) is 5.91 Å². The minimum absolute atomic E-state index is 0.302. The highest BCUT2D eigenvalue weighted by atomic mass is 16.6. The maximum atomic E-state index is 12.3. The van der Waals surface area contributed by atoms with Gasteiger partial charge in [0.2, 0.25) is 5.91 Å². The van der Waals surface area contributed by atoms with Crippen molar-refractivity contribution < 1.29 is 19.1 Å². The zero-order chi connectivity index (χ0) is 18.1. The molecule has 0 saturated heterocycles. The number of hydrogen-bond acceptors (Lipinski definition) is 4. The first kappa shape index (κ1) is 18.3. The van der Waals surface area contributed by atoms with Gasteiger partial charge in [-0.15, -0.1) is 0 Å². The van der Waals surface area contributed by atoms with Crippen LogP contribution in [-0.2, 0) is 20.7 Å². The quantitative estimate of drug-likeness (QED) is 0.709. The molecule has 0 aromatic heterocycles. The van der Waals surface area contributed by atoms with Gasteiger partial charge in [-0.3, -0.25) is 15.0 Å². The summed E-state index contributed by atoms with van der Waals surface area (Å²) in [7, 11) is 0. The Morgan fingerprint density at radius 1 is 1.12 bits per heavy atom. The molecule has 7 heteroatoms. The molecule has 7 nitrogen and oxygen atoms in total. The Balaban J connectivity index is 1.87. The Kier molecular flexibility index (Phi) is 6.76. The fraction of sp³-hybridized carbons (Fsp3) is 0.278. The topological polar surface area (TPSA) is 96.5 Å². The van der Waals surface area contributed by atoms with Crippen LogP contribution < -0.4 is 16.2 Å². The van der Waals surface area contributed by atoms with E-state index in [1.807, 2.05) is 36.4 Å². The van der Waals surface area contributed by atoms with Crippen molar-refractivity contribution in [1.29, 1.82) is 0 Å². The summed E-state index contributed by atoms with van der Waals surface area (Å²) in [4.78, 5) is 35.3. The van der Waals surface area contributed by atoms with Crippen LogP contribution in [-0.4, -0.2) is 23.9 Å². The zero-order valence-corrected chi connectivity index (χ0v) is 14.0. The molecule has 0 aliphatic heterocycles. The maximum absolute atomic E-state index is 12.3. The lowest BCUT2D eigenvalue weighted by Crippen LogP contribution is -2.52. The molecule has 1 aliphatic carbocycles. The average Bonchev–Trinajstić information content (AvgIpc) is 2.60. The van der Waals surface area contributed by atoms with Gasteiger partial charge in [0.25, 0.3) is 5.91 Å². The fourth-order valence-corrected chi connectivity index (χ4v) is 2.30. The van der Waals surface area contributed by atoms with Crippen molar-refractivity contribution >= 4 is 17.9 Å². The molecular formula is C18H21N3O4. The molecule has 0 unspecified atom stereocenters. The number of hydrogen-bond donors (Lipinski definition) is 3. The van der Waals surface area contributed by atoms with E-state index in [9.17, 15) is 14.4 Å². The van der Waals surface area contributed by atoms with Crippen LogP contribution in [0.3, 0.4) is 0 Å². The third-order valence-corrected chi connectivity index (χ3v) is 3.44. The molecule has 1 aromatic rings. The molecule has 0 fully saturated rings. The molecule has 0 bridgehead atoms. The molecule has 3 amide bonds. The number of hydrazine groups is 1. The normalized spacial score (nSPS) is 14.0. The van der Waals surface area contributed by atoms with Gasteiger partial charge < -0.3 is 10.1 Å². The van der Waals surface area contributed by atoms with Gasteiger partial charge in [0.15, 0.2) is 0 Å². The van der Waals surface area contributed by atoms with Gasteiger partial charge >= 0.3 is 6.09 Å². The van der Waals surface area contributed by atoms with Crippen LogP contribution in [0.4, 0.5) is 4.79 Å². The van der Waals surface area contributed by atoms with Crippen molar-refractivity contribution in [3.63, 3.8) is 0 Å². The van der Waals surface area contributed by atoms with E-state index in [1.54, 1.807) is 12.2 Å². The molecule has 0 heterocycles. The number of carbonyl (C=O) groups excluding carboxylic acids is 3. The molecular weight excluding hydrogens is 322 g/mol. The predicted molar refractivity (Wildman–Crippen MR) is 92.0 cm³/mol. The summed E-state index contributed by atoms with van der Waals surface area (Å²) in [6.07, 6.45) is 6.59. The van der Waals surface area contributed by atoms with Crippen LogP contribution in [0.2, 0.25) is 0 Å². The fourth-order valence-electron chi connectivity index (χ4n) is 2.30. The first-order chi connectivity index (χ1) is 12.0. The Bertz CT molecular complexity index is 683. The van der Waals surface area contributed by atoms with Crippen molar-refractivity contribution in [2.45, 2.75) is 32.2 Å². The molecule has 132 valence electrons. The van der Waals surface area contributed by atoms with E-state index in [1.165, 1.54) is 6.92 Å². The highest BCUT2D eigenvalue weighted by molar-refractivity contribution is 5.88. The molecule has 2 rings (SSSR count). The van der Waals surface area contributed by atoms with Gasteiger partial charge in [-0.2, -0.15) is 0 Å². The van der Waals surface area contributed by atoms with Gasteiger partial charge in [-0.05, 0) is 30.6 Å². The van der Waals surface area contributed by atoms with Crippen molar-refractivity contribution in [1.82, 2.24) is 16.2 Å². The van der Waals surface area contributed by atoms with Gasteiger partial charge in [0.05, 0.1) is 0 Å². The minimum Gasteiger partial charge on any atom is -0.409 e. The van der Waals surface area contributed by atoms with Crippen molar-refractivity contribution in [2.75, 3.05) is 0 Å². The monoisotopic (exact) mass is 343 g/mol. The number of rotatable bonds is 5. The Morgan fingerprint density at radius 2 is 1.88 bits per heavy atom. The van der Waals surface area contributed by atoms with Gasteiger partial charge in [0.1, 0.15) is 11.8 Å². The summed E-state index contributed by atoms with van der Waals surface area (Å²) in [6, 6.07) is 8.45. The van der Waals surface area contributed by atoms with Crippen LogP contribution in [0.25, 0.3) is 0 Å². The number of ether oxygens (including phenoxy) is 1. The van der Waals surface area contributed by atoms with E-state index in [0.717, 1.165) is 18.4 Å². The summed E-state index contributed by atoms with van der Waals surface area (Å²) in [6.45, 7) is 1.33. The van der Waals surface area contributed by atoms with Crippen LogP contribution >= 0.6 is 0 Å². The third-order valence-electron chi connectivity index (χ3n) is 3.44. The molecule has 0 saturated carbocycles. The van der Waals surface area contributed by atoms with Gasteiger partial charge in [0, 0.05) is 13.3 Å². The van der Waals surface area contributed by atoms with Crippen LogP contribution in [0.5, 0.6) is 0 Å². The van der Waals surface area contributed by atoms with E-state index in [2.05, 4.69) is 16.2 Å². The van der Waals surface area contributed by atoms with Crippen molar-refractivity contribution in [2.24, 2.45) is 0 Å². The second kappa shape index (κ2) is 9.27. The highest BCUT2D eigenvalue weighted by Crippen LogP contribution is 2.10. The van der Waals surface area contributed by atoms with Crippen molar-refractivity contribution in [3.05, 3.63) is 59.9 Å². The highest BCUT2D eigenvalue weighted by Gasteiger charge is 2.20. The summed E-state index contributed by atoms with van der Waals surface area (Å²) in [5, 5.41) is 2.57. The lowest BCUT2D eigenvalue weighted by molar-refractivity contribution is -0.128. The molecule has 25 heavy (non-hydrogen) atoms. The number of benzene rings is 1. The molecule has 0 spiro atoms. The third kappa shape index (κ3) is 6.50. The largest absolute Gasteiger partial charge is 0.431 e. The smallest absolute Gasteiger partial charge is 0.409 e. The summed E-state index contributed by atoms with van der Waals surface area (Å²) in [5.41, 5.74) is 5.34. The van der Waals surface area contributed by atoms with E-state index < -0.39 is 18.0 Å². The standard InChI is InChI=1S/C18H21N3O4/c1-13(22)19-16(12-14-8-4-2-5-9-14)17(23)20-21-18(24)25-15-10-6-3-7-11-15/h2,4-6,8-11,16H,3,7,12H2,1H3,(H,19,22)(H,20,23)(H,21,24)/t16-/m0/s1. The number of amides is 3. The van der Waals surface area contributed by atoms with Gasteiger partial charge in [-0.25, -0.2) is 10.2 Å². The van der Waals surface area contributed by atoms with Crippen LogP contribution in [0.1, 0.15) is 25.3 Å². The Hall–Kier alpha value is -3.09. The number of allylic oxidation sites excluding steroid dienone is 3. The van der Waals surface area contributed by atoms with E-state index in [0.29, 0.717) is 12.2 Å². The summed E-state index contributed by atoms with van der Waals surface area (Å²) < 4.78 is 5.04. The Labute approximate surface area is 146 Å². The minimum atomic E-state index is -0.811. The lowest BCUT2D eigenvalue weighted by Gasteiger charge is -2.18. The average molecular weight is 343 g/mol. The summed E-state index contributed by atoms with van der Waals surface area (Å²) in [5.74, 6) is -0.443. The first-order valence-corrected chi connectivity index (χ1v) is 8.00. The first-order valence-electron chi connectivity index (χ1n) is 8.00. The summed E-state index contributed by atoms with van der Waals surface area (Å²) >= 11 is 0. The van der Waals surface area contributed by atoms with Gasteiger partial charge in [-0.1, -0.05) is 36.4 Å². The van der Waals surface area contributed by atoms with E-state index >= 15 is 0 Å². The molecule has 1 aromatic carbocycles.